The molecule has 6 heteroatoms. The van der Waals surface area contributed by atoms with Crippen molar-refractivity contribution in [1.29, 1.82) is 0 Å². The number of benzene rings is 1. The Balaban J connectivity index is 2.11. The van der Waals surface area contributed by atoms with E-state index >= 15 is 0 Å². The van der Waals surface area contributed by atoms with Gasteiger partial charge in [0.1, 0.15) is 0 Å². The summed E-state index contributed by atoms with van der Waals surface area (Å²) in [5.41, 5.74) is 4.98. The summed E-state index contributed by atoms with van der Waals surface area (Å²) in [7, 11) is 0. The van der Waals surface area contributed by atoms with Gasteiger partial charge in [0.2, 0.25) is 5.91 Å². The van der Waals surface area contributed by atoms with Crippen LogP contribution in [-0.4, -0.2) is 32.3 Å². The summed E-state index contributed by atoms with van der Waals surface area (Å²) in [6.45, 7) is 8.47. The van der Waals surface area contributed by atoms with Crippen molar-refractivity contribution in [2.75, 3.05) is 6.54 Å². The summed E-state index contributed by atoms with van der Waals surface area (Å²) in [5, 5.41) is 8.00. The highest BCUT2D eigenvalue weighted by Crippen LogP contribution is 2.32. The molecule has 0 fully saturated rings. The molecule has 3 rings (SSSR count). The van der Waals surface area contributed by atoms with E-state index in [1.807, 2.05) is 55.6 Å². The molecule has 0 bridgehead atoms. The third kappa shape index (κ3) is 3.54. The minimum atomic E-state index is -0.239. The van der Waals surface area contributed by atoms with Gasteiger partial charge in [-0.05, 0) is 39.3 Å². The van der Waals surface area contributed by atoms with Gasteiger partial charge in [0.25, 0.3) is 0 Å². The van der Waals surface area contributed by atoms with Gasteiger partial charge >= 0.3 is 0 Å². The maximum absolute atomic E-state index is 12.1. The average Bonchev–Trinajstić information content (AvgIpc) is 2.94. The van der Waals surface area contributed by atoms with Gasteiger partial charge in [-0.3, -0.25) is 4.79 Å². The fraction of sp³-hybridized carbons (Fsp3) is 0.316. The number of fused-ring (bicyclic) bond motifs is 1. The number of carbonyl (C=O) groups is 1. The number of aromatic nitrogens is 3. The molecule has 25 heavy (non-hydrogen) atoms. The topological polar surface area (TPSA) is 59.3 Å². The number of nitrogens with one attached hydrogen (secondary N) is 1. The predicted molar refractivity (Wildman–Crippen MR) is 102 cm³/mol. The van der Waals surface area contributed by atoms with Crippen LogP contribution >= 0.6 is 11.8 Å². The van der Waals surface area contributed by atoms with Crippen molar-refractivity contribution in [3.8, 4) is 11.3 Å². The molecule has 130 valence electrons. The Kier molecular flexibility index (Phi) is 5.08. The molecule has 1 aromatic carbocycles. The molecule has 0 aliphatic heterocycles. The summed E-state index contributed by atoms with van der Waals surface area (Å²) in [4.78, 5) is 16.9. The number of amides is 1. The first-order valence-corrected chi connectivity index (χ1v) is 9.26. The Labute approximate surface area is 151 Å². The number of nitrogens with zero attached hydrogens (tertiary/aromatic N) is 3. The second-order valence-electron chi connectivity index (χ2n) is 5.99. The Morgan fingerprint density at radius 2 is 2.00 bits per heavy atom. The second-order valence-corrected chi connectivity index (χ2v) is 7.30. The zero-order chi connectivity index (χ0) is 18.0. The summed E-state index contributed by atoms with van der Waals surface area (Å²) in [6.07, 6.45) is 0. The number of carbonyl (C=O) groups excluding carboxylic acids is 1. The Morgan fingerprint density at radius 1 is 1.28 bits per heavy atom. The lowest BCUT2D eigenvalue weighted by Gasteiger charge is -2.10. The van der Waals surface area contributed by atoms with Crippen molar-refractivity contribution in [3.63, 3.8) is 0 Å². The minimum Gasteiger partial charge on any atom is -0.355 e. The zero-order valence-electron chi connectivity index (χ0n) is 14.9. The smallest absolute Gasteiger partial charge is 0.233 e. The highest BCUT2D eigenvalue weighted by Gasteiger charge is 2.21. The molecule has 0 spiro atoms. The van der Waals surface area contributed by atoms with E-state index in [2.05, 4.69) is 23.4 Å². The zero-order valence-corrected chi connectivity index (χ0v) is 15.7. The molecule has 0 aliphatic carbocycles. The number of hydrogen-bond acceptors (Lipinski definition) is 4. The van der Waals surface area contributed by atoms with Gasteiger partial charge in [0.05, 0.1) is 22.2 Å². The van der Waals surface area contributed by atoms with Gasteiger partial charge in [-0.25, -0.2) is 9.50 Å². The first-order valence-electron chi connectivity index (χ1n) is 8.38. The lowest BCUT2D eigenvalue weighted by atomic mass is 10.1. The molecule has 0 radical (unpaired) electrons. The molecule has 0 saturated carbocycles. The summed E-state index contributed by atoms with van der Waals surface area (Å²) < 4.78 is 1.87. The highest BCUT2D eigenvalue weighted by atomic mass is 32.2. The summed E-state index contributed by atoms with van der Waals surface area (Å²) in [5.74, 6) is 0.00915. The van der Waals surface area contributed by atoms with E-state index in [0.717, 1.165) is 33.2 Å². The van der Waals surface area contributed by atoms with Crippen LogP contribution < -0.4 is 5.32 Å². The molecule has 0 aliphatic rings. The molecule has 3 aromatic rings. The van der Waals surface area contributed by atoms with E-state index in [0.29, 0.717) is 6.54 Å². The first-order chi connectivity index (χ1) is 12.0. The van der Waals surface area contributed by atoms with Crippen LogP contribution in [0.15, 0.2) is 41.6 Å². The van der Waals surface area contributed by atoms with Gasteiger partial charge in [-0.1, -0.05) is 42.1 Å². The van der Waals surface area contributed by atoms with Gasteiger partial charge < -0.3 is 5.32 Å². The molecule has 1 unspecified atom stereocenters. The summed E-state index contributed by atoms with van der Waals surface area (Å²) in [6, 6.07) is 12.1. The monoisotopic (exact) mass is 354 g/mol. The van der Waals surface area contributed by atoms with E-state index in [1.165, 1.54) is 11.8 Å². The largest absolute Gasteiger partial charge is 0.355 e. The van der Waals surface area contributed by atoms with Crippen LogP contribution in [0.5, 0.6) is 0 Å². The standard InChI is InChI=1S/C19H22N4OS/c1-5-20-18(24)14(4)25-19-21-16(15-9-7-6-8-10-15)17-12(2)11-13(3)22-23(17)19/h6-11,14H,5H2,1-4H3,(H,20,24). The molecule has 0 saturated heterocycles. The van der Waals surface area contributed by atoms with Crippen LogP contribution in [0.2, 0.25) is 0 Å². The molecule has 2 heterocycles. The van der Waals surface area contributed by atoms with Gasteiger partial charge in [0, 0.05) is 12.1 Å². The van der Waals surface area contributed by atoms with E-state index in [4.69, 9.17) is 4.98 Å². The Bertz CT molecular complexity index is 905. The molecule has 1 atom stereocenters. The van der Waals surface area contributed by atoms with E-state index in [1.54, 1.807) is 0 Å². The van der Waals surface area contributed by atoms with Crippen LogP contribution in [-0.2, 0) is 4.79 Å². The number of rotatable bonds is 5. The number of hydrogen-bond donors (Lipinski definition) is 1. The number of aryl methyl sites for hydroxylation is 2. The predicted octanol–water partition coefficient (Wildman–Crippen LogP) is 3.63. The normalized spacial score (nSPS) is 12.3. The van der Waals surface area contributed by atoms with Gasteiger partial charge in [-0.15, -0.1) is 0 Å². The van der Waals surface area contributed by atoms with Crippen molar-refractivity contribution >= 4 is 23.2 Å². The highest BCUT2D eigenvalue weighted by molar-refractivity contribution is 8.00. The van der Waals surface area contributed by atoms with Gasteiger partial charge in [0.15, 0.2) is 5.16 Å². The van der Waals surface area contributed by atoms with Crippen LogP contribution in [0.3, 0.4) is 0 Å². The van der Waals surface area contributed by atoms with Gasteiger partial charge in [-0.2, -0.15) is 5.10 Å². The lowest BCUT2D eigenvalue weighted by molar-refractivity contribution is -0.120. The summed E-state index contributed by atoms with van der Waals surface area (Å²) >= 11 is 1.43. The fourth-order valence-electron chi connectivity index (χ4n) is 2.81. The van der Waals surface area contributed by atoms with Crippen LogP contribution in [0, 0.1) is 13.8 Å². The van der Waals surface area contributed by atoms with E-state index < -0.39 is 0 Å². The van der Waals surface area contributed by atoms with E-state index in [9.17, 15) is 4.79 Å². The van der Waals surface area contributed by atoms with Crippen molar-refractivity contribution in [3.05, 3.63) is 47.7 Å². The maximum Gasteiger partial charge on any atom is 0.233 e. The molecular weight excluding hydrogens is 332 g/mol. The van der Waals surface area contributed by atoms with Crippen molar-refractivity contribution in [2.45, 2.75) is 38.1 Å². The SMILES string of the molecule is CCNC(=O)C(C)Sc1nc(-c2ccccc2)c2c(C)cc(C)nn12. The van der Waals surface area contributed by atoms with Crippen molar-refractivity contribution in [2.24, 2.45) is 0 Å². The molecule has 2 aromatic heterocycles. The number of imidazole rings is 1. The van der Waals surface area contributed by atoms with Crippen LogP contribution in [0.1, 0.15) is 25.1 Å². The number of thioether (sulfide) groups is 1. The molecule has 5 nitrogen and oxygen atoms in total. The van der Waals surface area contributed by atoms with Crippen molar-refractivity contribution in [1.82, 2.24) is 19.9 Å². The Morgan fingerprint density at radius 3 is 2.68 bits per heavy atom. The van der Waals surface area contributed by atoms with Crippen LogP contribution in [0.25, 0.3) is 16.8 Å². The fourth-order valence-corrected chi connectivity index (χ4v) is 3.69. The third-order valence-corrected chi connectivity index (χ3v) is 4.97. The average molecular weight is 354 g/mol. The second kappa shape index (κ2) is 7.27. The van der Waals surface area contributed by atoms with E-state index in [-0.39, 0.29) is 11.2 Å². The quantitative estimate of drug-likeness (QED) is 0.711. The van der Waals surface area contributed by atoms with Crippen molar-refractivity contribution < 1.29 is 4.79 Å². The Hall–Kier alpha value is -2.34. The molecule has 1 amide bonds. The maximum atomic E-state index is 12.1. The first kappa shape index (κ1) is 17.5. The third-order valence-electron chi connectivity index (χ3n) is 3.93. The van der Waals surface area contributed by atoms with Crippen LogP contribution in [0.4, 0.5) is 0 Å². The minimum absolute atomic E-state index is 0.00915. The molecular formula is C19H22N4OS. The lowest BCUT2D eigenvalue weighted by Crippen LogP contribution is -2.30. The molecule has 1 N–H and O–H groups in total.